The number of benzene rings is 2. The van der Waals surface area contributed by atoms with E-state index in [1.54, 1.807) is 19.2 Å². The van der Waals surface area contributed by atoms with Crippen molar-refractivity contribution in [3.05, 3.63) is 59.9 Å². The maximum absolute atomic E-state index is 13.1. The van der Waals surface area contributed by atoms with Crippen molar-refractivity contribution in [3.8, 4) is 5.75 Å². The Morgan fingerprint density at radius 1 is 1.06 bits per heavy atom. The van der Waals surface area contributed by atoms with E-state index in [-0.39, 0.29) is 11.8 Å². The third-order valence-corrected chi connectivity index (χ3v) is 7.11. The van der Waals surface area contributed by atoms with E-state index in [2.05, 4.69) is 10.2 Å². The molecule has 33 heavy (non-hydrogen) atoms. The molecule has 1 atom stereocenters. The number of hydrogen-bond acceptors (Lipinski definition) is 3. The fraction of sp³-hybridized carbons (Fsp3) is 0.519. The van der Waals surface area contributed by atoms with Gasteiger partial charge in [-0.15, -0.1) is 0 Å². The number of amides is 2. The van der Waals surface area contributed by atoms with Gasteiger partial charge in [0.1, 0.15) is 11.6 Å². The van der Waals surface area contributed by atoms with Gasteiger partial charge in [0.15, 0.2) is 0 Å². The van der Waals surface area contributed by atoms with Gasteiger partial charge < -0.3 is 19.9 Å². The molecule has 0 aromatic heterocycles. The van der Waals surface area contributed by atoms with Crippen LogP contribution < -0.4 is 10.1 Å². The SMILES string of the molecule is COc1cccc(NC(=O)N2CCCC(CN3CCC(CCc4ccc(F)cc4)CC3)C2)c1. The van der Waals surface area contributed by atoms with E-state index in [1.165, 1.54) is 31.2 Å². The van der Waals surface area contributed by atoms with Crippen LogP contribution in [0.25, 0.3) is 0 Å². The number of piperidine rings is 2. The van der Waals surface area contributed by atoms with Crippen LogP contribution in [-0.2, 0) is 6.42 Å². The molecule has 2 aromatic rings. The number of urea groups is 1. The molecular weight excluding hydrogens is 417 g/mol. The molecule has 2 amide bonds. The van der Waals surface area contributed by atoms with Crippen LogP contribution in [0, 0.1) is 17.7 Å². The molecule has 2 aromatic carbocycles. The Hall–Kier alpha value is -2.60. The topological polar surface area (TPSA) is 44.8 Å². The highest BCUT2D eigenvalue weighted by Crippen LogP contribution is 2.26. The molecule has 1 unspecified atom stereocenters. The van der Waals surface area contributed by atoms with Crippen LogP contribution in [0.4, 0.5) is 14.9 Å². The Balaban J connectivity index is 1.19. The van der Waals surface area contributed by atoms with Gasteiger partial charge in [-0.25, -0.2) is 9.18 Å². The summed E-state index contributed by atoms with van der Waals surface area (Å²) >= 11 is 0. The van der Waals surface area contributed by atoms with Gasteiger partial charge in [-0.3, -0.25) is 0 Å². The average molecular weight is 454 g/mol. The third-order valence-electron chi connectivity index (χ3n) is 7.11. The van der Waals surface area contributed by atoms with E-state index in [0.29, 0.717) is 5.92 Å². The van der Waals surface area contributed by atoms with Gasteiger partial charge >= 0.3 is 6.03 Å². The maximum Gasteiger partial charge on any atom is 0.321 e. The fourth-order valence-electron chi connectivity index (χ4n) is 5.15. The first-order valence-electron chi connectivity index (χ1n) is 12.3. The Bertz CT molecular complexity index is 896. The zero-order valence-corrected chi connectivity index (χ0v) is 19.6. The van der Waals surface area contributed by atoms with E-state index in [1.807, 2.05) is 41.3 Å². The standard InChI is InChI=1S/C27H36FN3O2/c1-33-26-6-2-5-25(18-26)29-27(32)31-15-3-4-23(20-31)19-30-16-13-22(14-17-30)8-7-21-9-11-24(28)12-10-21/h2,5-6,9-12,18,22-23H,3-4,7-8,13-17,19-20H2,1H3,(H,29,32). The molecule has 2 saturated heterocycles. The molecule has 0 aliphatic carbocycles. The molecule has 0 bridgehead atoms. The first-order valence-corrected chi connectivity index (χ1v) is 12.3. The Kier molecular flexibility index (Phi) is 8.21. The summed E-state index contributed by atoms with van der Waals surface area (Å²) in [6.07, 6.45) is 6.92. The molecular formula is C27H36FN3O2. The number of carbonyl (C=O) groups excluding carboxylic acids is 1. The number of aryl methyl sites for hydroxylation is 1. The van der Waals surface area contributed by atoms with Crippen molar-refractivity contribution in [1.29, 1.82) is 0 Å². The lowest BCUT2D eigenvalue weighted by Gasteiger charge is -2.38. The lowest BCUT2D eigenvalue weighted by Crippen LogP contribution is -2.46. The molecule has 4 rings (SSSR count). The number of ether oxygens (including phenoxy) is 1. The highest BCUT2D eigenvalue weighted by atomic mass is 19.1. The number of methoxy groups -OCH3 is 1. The molecule has 2 aliphatic heterocycles. The van der Waals surface area contributed by atoms with E-state index < -0.39 is 0 Å². The molecule has 6 heteroatoms. The Labute approximate surface area is 196 Å². The second-order valence-electron chi connectivity index (χ2n) is 9.53. The summed E-state index contributed by atoms with van der Waals surface area (Å²) in [4.78, 5) is 17.3. The molecule has 0 saturated carbocycles. The Morgan fingerprint density at radius 2 is 1.85 bits per heavy atom. The number of hydrogen-bond donors (Lipinski definition) is 1. The van der Waals surface area contributed by atoms with Crippen LogP contribution in [0.3, 0.4) is 0 Å². The van der Waals surface area contributed by atoms with E-state index in [4.69, 9.17) is 4.74 Å². The molecule has 0 radical (unpaired) electrons. The predicted molar refractivity (Wildman–Crippen MR) is 130 cm³/mol. The summed E-state index contributed by atoms with van der Waals surface area (Å²) in [6.45, 7) is 4.99. The van der Waals surface area contributed by atoms with Crippen molar-refractivity contribution in [2.45, 2.75) is 38.5 Å². The number of rotatable bonds is 7. The van der Waals surface area contributed by atoms with Gasteiger partial charge in [-0.2, -0.15) is 0 Å². The van der Waals surface area contributed by atoms with Crippen LogP contribution in [-0.4, -0.2) is 55.7 Å². The van der Waals surface area contributed by atoms with Crippen molar-refractivity contribution in [2.75, 3.05) is 45.2 Å². The number of carbonyl (C=O) groups is 1. The van der Waals surface area contributed by atoms with Crippen LogP contribution in [0.1, 0.15) is 37.7 Å². The molecule has 2 fully saturated rings. The largest absolute Gasteiger partial charge is 0.497 e. The highest BCUT2D eigenvalue weighted by molar-refractivity contribution is 5.89. The minimum Gasteiger partial charge on any atom is -0.497 e. The van der Waals surface area contributed by atoms with Crippen LogP contribution >= 0.6 is 0 Å². The van der Waals surface area contributed by atoms with Gasteiger partial charge in [0.05, 0.1) is 7.11 Å². The molecule has 178 valence electrons. The summed E-state index contributed by atoms with van der Waals surface area (Å²) in [5.74, 6) is 1.87. The second kappa shape index (κ2) is 11.5. The zero-order valence-electron chi connectivity index (χ0n) is 19.6. The minimum atomic E-state index is -0.161. The van der Waals surface area contributed by atoms with Gasteiger partial charge in [-0.05, 0) is 93.3 Å². The van der Waals surface area contributed by atoms with Gasteiger partial charge in [0, 0.05) is 31.4 Å². The van der Waals surface area contributed by atoms with Crippen LogP contribution in [0.15, 0.2) is 48.5 Å². The van der Waals surface area contributed by atoms with E-state index in [0.717, 1.165) is 62.9 Å². The monoisotopic (exact) mass is 453 g/mol. The highest BCUT2D eigenvalue weighted by Gasteiger charge is 2.27. The summed E-state index contributed by atoms with van der Waals surface area (Å²) in [6, 6.07) is 14.4. The molecule has 2 aliphatic rings. The first kappa shape index (κ1) is 23.6. The summed E-state index contributed by atoms with van der Waals surface area (Å²) in [5, 5.41) is 3.02. The van der Waals surface area contributed by atoms with Crippen molar-refractivity contribution in [1.82, 2.24) is 9.80 Å². The first-order chi connectivity index (χ1) is 16.1. The van der Waals surface area contributed by atoms with Crippen molar-refractivity contribution in [2.24, 2.45) is 11.8 Å². The van der Waals surface area contributed by atoms with Gasteiger partial charge in [-0.1, -0.05) is 18.2 Å². The van der Waals surface area contributed by atoms with E-state index in [9.17, 15) is 9.18 Å². The van der Waals surface area contributed by atoms with Crippen molar-refractivity contribution < 1.29 is 13.9 Å². The van der Waals surface area contributed by atoms with Crippen LogP contribution in [0.5, 0.6) is 5.75 Å². The van der Waals surface area contributed by atoms with Gasteiger partial charge in [0.2, 0.25) is 0 Å². The lowest BCUT2D eigenvalue weighted by molar-refractivity contribution is 0.119. The van der Waals surface area contributed by atoms with Crippen LogP contribution in [0.2, 0.25) is 0 Å². The van der Waals surface area contributed by atoms with E-state index >= 15 is 0 Å². The van der Waals surface area contributed by atoms with Gasteiger partial charge in [0.25, 0.3) is 0 Å². The lowest BCUT2D eigenvalue weighted by atomic mass is 9.89. The number of anilines is 1. The zero-order chi connectivity index (χ0) is 23.0. The normalized spacial score (nSPS) is 19.9. The summed E-state index contributed by atoms with van der Waals surface area (Å²) in [5.41, 5.74) is 2.00. The third kappa shape index (κ3) is 6.94. The number of nitrogens with zero attached hydrogens (tertiary/aromatic N) is 2. The smallest absolute Gasteiger partial charge is 0.321 e. The average Bonchev–Trinajstić information content (AvgIpc) is 2.85. The quantitative estimate of drug-likeness (QED) is 0.609. The minimum absolute atomic E-state index is 0.0209. The molecule has 0 spiro atoms. The Morgan fingerprint density at radius 3 is 2.61 bits per heavy atom. The number of nitrogens with one attached hydrogen (secondary N) is 1. The van der Waals surface area contributed by atoms with Crippen molar-refractivity contribution >= 4 is 11.7 Å². The second-order valence-corrected chi connectivity index (χ2v) is 9.53. The molecule has 2 heterocycles. The summed E-state index contributed by atoms with van der Waals surface area (Å²) in [7, 11) is 1.63. The number of halogens is 1. The molecule has 1 N–H and O–H groups in total. The number of likely N-dealkylation sites (tertiary alicyclic amines) is 2. The predicted octanol–water partition coefficient (Wildman–Crippen LogP) is 5.42. The summed E-state index contributed by atoms with van der Waals surface area (Å²) < 4.78 is 18.3. The fourth-order valence-corrected chi connectivity index (χ4v) is 5.15. The molecule has 5 nitrogen and oxygen atoms in total. The maximum atomic E-state index is 13.1. The van der Waals surface area contributed by atoms with Crippen molar-refractivity contribution in [3.63, 3.8) is 0 Å².